The van der Waals surface area contributed by atoms with Crippen LogP contribution in [0.15, 0.2) is 73.3 Å². The topological polar surface area (TPSA) is 84.4 Å². The molecule has 7 heteroatoms. The average Bonchev–Trinajstić information content (AvgIpc) is 3.41. The largest absolute Gasteiger partial charge is 0.367 e. The number of carbonyl (C=O) groups is 2. The minimum Gasteiger partial charge on any atom is -0.367 e. The van der Waals surface area contributed by atoms with Crippen LogP contribution >= 0.6 is 0 Å². The molecule has 4 heterocycles. The number of rotatable bonds is 4. The van der Waals surface area contributed by atoms with Crippen LogP contribution in [0.25, 0.3) is 0 Å². The van der Waals surface area contributed by atoms with Crippen LogP contribution in [0.4, 0.5) is 5.69 Å². The molecule has 3 aromatic rings. The molecule has 1 saturated heterocycles. The van der Waals surface area contributed by atoms with Crippen LogP contribution in [-0.4, -0.2) is 41.0 Å². The molecule has 2 aliphatic rings. The van der Waals surface area contributed by atoms with Gasteiger partial charge in [0.2, 0.25) is 5.91 Å². The first-order chi connectivity index (χ1) is 15.2. The van der Waals surface area contributed by atoms with Crippen molar-refractivity contribution in [2.45, 2.75) is 24.5 Å². The third-order valence-electron chi connectivity index (χ3n) is 6.03. The van der Waals surface area contributed by atoms with Crippen LogP contribution in [0.5, 0.6) is 0 Å². The number of hydrogen-bond acceptors (Lipinski definition) is 5. The molecule has 156 valence electrons. The van der Waals surface area contributed by atoms with Crippen molar-refractivity contribution in [3.05, 3.63) is 90.0 Å². The van der Waals surface area contributed by atoms with E-state index in [1.165, 1.54) is 0 Å². The van der Waals surface area contributed by atoms with Gasteiger partial charge < -0.3 is 15.0 Å². The lowest BCUT2D eigenvalue weighted by Gasteiger charge is -2.23. The molecule has 1 spiro atoms. The van der Waals surface area contributed by atoms with Crippen molar-refractivity contribution in [1.82, 2.24) is 15.3 Å². The van der Waals surface area contributed by atoms with E-state index in [4.69, 9.17) is 4.74 Å². The van der Waals surface area contributed by atoms with Crippen LogP contribution in [-0.2, 0) is 21.5 Å². The molecule has 2 atom stereocenters. The molecular formula is C24H22N4O3. The molecule has 2 unspecified atom stereocenters. The number of anilines is 1. The second kappa shape index (κ2) is 7.92. The summed E-state index contributed by atoms with van der Waals surface area (Å²) in [6.07, 6.45) is 6.61. The summed E-state index contributed by atoms with van der Waals surface area (Å²) in [6.45, 7) is 1.30. The van der Waals surface area contributed by atoms with Gasteiger partial charge in [0.15, 0.2) is 0 Å². The first-order valence-corrected chi connectivity index (χ1v) is 10.3. The number of amides is 2. The van der Waals surface area contributed by atoms with Gasteiger partial charge in [-0.25, -0.2) is 0 Å². The van der Waals surface area contributed by atoms with E-state index >= 15 is 0 Å². The summed E-state index contributed by atoms with van der Waals surface area (Å²) in [7, 11) is 0. The molecule has 0 radical (unpaired) electrons. The normalized spacial score (nSPS) is 21.8. The molecule has 31 heavy (non-hydrogen) atoms. The Morgan fingerprint density at radius 3 is 2.71 bits per heavy atom. The Hall–Kier alpha value is -3.58. The van der Waals surface area contributed by atoms with Crippen LogP contribution < -0.4 is 10.2 Å². The van der Waals surface area contributed by atoms with Gasteiger partial charge in [-0.2, -0.15) is 0 Å². The lowest BCUT2D eigenvalue weighted by Crippen LogP contribution is -2.39. The third kappa shape index (κ3) is 3.57. The van der Waals surface area contributed by atoms with Gasteiger partial charge in [0.1, 0.15) is 6.10 Å². The summed E-state index contributed by atoms with van der Waals surface area (Å²) in [6, 6.07) is 15.1. The summed E-state index contributed by atoms with van der Waals surface area (Å²) in [4.78, 5) is 35.8. The van der Waals surface area contributed by atoms with Gasteiger partial charge in [-0.1, -0.05) is 18.2 Å². The third-order valence-corrected chi connectivity index (χ3v) is 6.03. The van der Waals surface area contributed by atoms with E-state index < -0.39 is 11.5 Å². The molecule has 2 aromatic heterocycles. The maximum atomic E-state index is 13.2. The van der Waals surface area contributed by atoms with E-state index in [1.54, 1.807) is 41.8 Å². The van der Waals surface area contributed by atoms with Gasteiger partial charge in [0, 0.05) is 49.0 Å². The van der Waals surface area contributed by atoms with Crippen molar-refractivity contribution in [2.75, 3.05) is 18.1 Å². The fourth-order valence-corrected chi connectivity index (χ4v) is 4.46. The van der Waals surface area contributed by atoms with E-state index in [9.17, 15) is 9.59 Å². The second-order valence-corrected chi connectivity index (χ2v) is 8.01. The predicted octanol–water partition coefficient (Wildman–Crippen LogP) is 2.48. The minimum absolute atomic E-state index is 0.0944. The number of nitrogens with zero attached hydrogens (tertiary/aromatic N) is 3. The molecule has 5 rings (SSSR count). The lowest BCUT2D eigenvalue weighted by molar-refractivity contribution is -0.130. The van der Waals surface area contributed by atoms with Gasteiger partial charge in [0.05, 0.1) is 12.2 Å². The van der Waals surface area contributed by atoms with Crippen molar-refractivity contribution < 1.29 is 14.3 Å². The molecular weight excluding hydrogens is 392 g/mol. The molecule has 2 aliphatic heterocycles. The Morgan fingerprint density at radius 2 is 1.90 bits per heavy atom. The van der Waals surface area contributed by atoms with Crippen LogP contribution in [0.3, 0.4) is 0 Å². The van der Waals surface area contributed by atoms with Crippen LogP contribution in [0, 0.1) is 0 Å². The van der Waals surface area contributed by atoms with E-state index in [2.05, 4.69) is 15.3 Å². The summed E-state index contributed by atoms with van der Waals surface area (Å²) in [5.74, 6) is -0.230. The second-order valence-electron chi connectivity index (χ2n) is 8.01. The summed E-state index contributed by atoms with van der Waals surface area (Å²) < 4.78 is 5.96. The molecule has 0 saturated carbocycles. The van der Waals surface area contributed by atoms with Gasteiger partial charge >= 0.3 is 0 Å². The highest BCUT2D eigenvalue weighted by atomic mass is 16.5. The fourth-order valence-electron chi connectivity index (χ4n) is 4.46. The smallest absolute Gasteiger partial charge is 0.259 e. The predicted molar refractivity (Wildman–Crippen MR) is 114 cm³/mol. The Labute approximate surface area is 180 Å². The van der Waals surface area contributed by atoms with E-state index in [-0.39, 0.29) is 11.8 Å². The number of pyridine rings is 2. The van der Waals surface area contributed by atoms with E-state index in [0.29, 0.717) is 31.7 Å². The number of aromatic nitrogens is 2. The van der Waals surface area contributed by atoms with Crippen LogP contribution in [0.2, 0.25) is 0 Å². The average molecular weight is 414 g/mol. The van der Waals surface area contributed by atoms with Gasteiger partial charge in [-0.3, -0.25) is 19.6 Å². The van der Waals surface area contributed by atoms with Crippen molar-refractivity contribution >= 4 is 17.5 Å². The highest BCUT2D eigenvalue weighted by molar-refractivity contribution is 6.07. The maximum Gasteiger partial charge on any atom is 0.259 e. The number of para-hydroxylation sites is 1. The highest BCUT2D eigenvalue weighted by Gasteiger charge is 2.51. The van der Waals surface area contributed by atoms with E-state index in [0.717, 1.165) is 16.8 Å². The SMILES string of the molecule is O=C(NCc1ccncc1)C1CC2(CO1)CN(C(=O)c1cccnc1)c1ccccc12. The van der Waals surface area contributed by atoms with Gasteiger partial charge in [-0.15, -0.1) is 0 Å². The first-order valence-electron chi connectivity index (χ1n) is 10.3. The molecule has 2 amide bonds. The quantitative estimate of drug-likeness (QED) is 0.709. The highest BCUT2D eigenvalue weighted by Crippen LogP contribution is 2.47. The van der Waals surface area contributed by atoms with Crippen molar-refractivity contribution in [3.63, 3.8) is 0 Å². The number of benzene rings is 1. The summed E-state index contributed by atoms with van der Waals surface area (Å²) in [5, 5.41) is 2.95. The van der Waals surface area contributed by atoms with Crippen molar-refractivity contribution in [1.29, 1.82) is 0 Å². The molecule has 0 aliphatic carbocycles. The zero-order valence-corrected chi connectivity index (χ0v) is 16.9. The number of carbonyl (C=O) groups excluding carboxylic acids is 2. The Balaban J connectivity index is 1.34. The molecule has 1 aromatic carbocycles. The number of ether oxygens (including phenoxy) is 1. The zero-order chi connectivity index (χ0) is 21.3. The monoisotopic (exact) mass is 414 g/mol. The molecule has 7 nitrogen and oxygen atoms in total. The summed E-state index contributed by atoms with van der Waals surface area (Å²) >= 11 is 0. The molecule has 1 N–H and O–H groups in total. The Bertz CT molecular complexity index is 1110. The first kappa shape index (κ1) is 19.4. The molecule has 0 bridgehead atoms. The zero-order valence-electron chi connectivity index (χ0n) is 16.9. The van der Waals surface area contributed by atoms with Gasteiger partial charge in [-0.05, 0) is 47.9 Å². The maximum absolute atomic E-state index is 13.2. The molecule has 1 fully saturated rings. The van der Waals surface area contributed by atoms with Crippen LogP contribution in [0.1, 0.15) is 27.9 Å². The van der Waals surface area contributed by atoms with Crippen molar-refractivity contribution in [2.24, 2.45) is 0 Å². The Morgan fingerprint density at radius 1 is 1.06 bits per heavy atom. The number of nitrogens with one attached hydrogen (secondary N) is 1. The number of hydrogen-bond donors (Lipinski definition) is 1. The van der Waals surface area contributed by atoms with Crippen molar-refractivity contribution in [3.8, 4) is 0 Å². The lowest BCUT2D eigenvalue weighted by atomic mass is 9.80. The Kier molecular flexibility index (Phi) is 4.95. The van der Waals surface area contributed by atoms with E-state index in [1.807, 2.05) is 36.4 Å². The standard InChI is InChI=1S/C24H22N4O3/c29-22(27-13-17-7-10-25-11-8-17)21-12-24(16-31-21)15-28(20-6-2-1-5-19(20)24)23(30)18-4-3-9-26-14-18/h1-11,14,21H,12-13,15-16H2,(H,27,29). The van der Waals surface area contributed by atoms with Gasteiger partial charge in [0.25, 0.3) is 5.91 Å². The fraction of sp³-hybridized carbons (Fsp3) is 0.250. The number of fused-ring (bicyclic) bond motifs is 2. The minimum atomic E-state index is -0.552. The summed E-state index contributed by atoms with van der Waals surface area (Å²) in [5.41, 5.74) is 3.05.